The summed E-state index contributed by atoms with van der Waals surface area (Å²) in [6.07, 6.45) is 7.22. The van der Waals surface area contributed by atoms with E-state index in [1.54, 1.807) is 30.6 Å². The lowest BCUT2D eigenvalue weighted by atomic mass is 9.90. The van der Waals surface area contributed by atoms with Crippen molar-refractivity contribution < 1.29 is 13.2 Å². The zero-order valence-corrected chi connectivity index (χ0v) is 25.1. The molecular weight excluding hydrogens is 570 g/mol. The van der Waals surface area contributed by atoms with Crippen molar-refractivity contribution in [1.29, 1.82) is 0 Å². The molecule has 0 saturated carbocycles. The SMILES string of the molecule is CS(=O)(=O)c1ccc(CN2CCC(c3c(C(=O)N4CC[C@H](c5ccccc5)C4)cnn3-c3ccc(Cl)cn3)CC2)cc1. The van der Waals surface area contributed by atoms with Crippen molar-refractivity contribution in [2.45, 2.75) is 42.5 Å². The smallest absolute Gasteiger partial charge is 0.257 e. The van der Waals surface area contributed by atoms with Gasteiger partial charge in [0.2, 0.25) is 0 Å². The Morgan fingerprint density at radius 3 is 2.29 bits per heavy atom. The number of pyridine rings is 1. The van der Waals surface area contributed by atoms with E-state index in [4.69, 9.17) is 11.6 Å². The van der Waals surface area contributed by atoms with Gasteiger partial charge < -0.3 is 4.90 Å². The third-order valence-electron chi connectivity index (χ3n) is 8.44. The molecule has 0 aliphatic carbocycles. The predicted molar refractivity (Wildman–Crippen MR) is 163 cm³/mol. The van der Waals surface area contributed by atoms with Gasteiger partial charge in [0.25, 0.3) is 5.91 Å². The number of sulfone groups is 1. The van der Waals surface area contributed by atoms with Crippen LogP contribution >= 0.6 is 11.6 Å². The first-order valence-electron chi connectivity index (χ1n) is 14.3. The minimum absolute atomic E-state index is 0.0250. The molecule has 2 aliphatic rings. The molecule has 2 saturated heterocycles. The molecule has 1 amide bonds. The molecule has 0 bridgehead atoms. The lowest BCUT2D eigenvalue weighted by molar-refractivity contribution is 0.0788. The Morgan fingerprint density at radius 1 is 0.905 bits per heavy atom. The Bertz CT molecular complexity index is 1650. The first-order chi connectivity index (χ1) is 20.3. The number of halogens is 1. The molecule has 2 aliphatic heterocycles. The van der Waals surface area contributed by atoms with Crippen molar-refractivity contribution in [3.63, 3.8) is 0 Å². The number of piperidine rings is 1. The average Bonchev–Trinajstić information content (AvgIpc) is 3.67. The van der Waals surface area contributed by atoms with Gasteiger partial charge in [-0.1, -0.05) is 54.1 Å². The van der Waals surface area contributed by atoms with Gasteiger partial charge >= 0.3 is 0 Å². The van der Waals surface area contributed by atoms with Crippen molar-refractivity contribution in [1.82, 2.24) is 24.6 Å². The van der Waals surface area contributed by atoms with E-state index in [9.17, 15) is 13.2 Å². The average molecular weight is 604 g/mol. The Kier molecular flexibility index (Phi) is 8.16. The minimum atomic E-state index is -3.21. The summed E-state index contributed by atoms with van der Waals surface area (Å²) < 4.78 is 25.4. The van der Waals surface area contributed by atoms with E-state index in [0.717, 1.165) is 56.7 Å². The molecular formula is C32H34ClN5O3S. The minimum Gasteiger partial charge on any atom is -0.338 e. The van der Waals surface area contributed by atoms with Gasteiger partial charge in [0.05, 0.1) is 27.4 Å². The van der Waals surface area contributed by atoms with Gasteiger partial charge in [0.1, 0.15) is 0 Å². The van der Waals surface area contributed by atoms with E-state index in [2.05, 4.69) is 39.2 Å². The van der Waals surface area contributed by atoms with Gasteiger partial charge in [-0.25, -0.2) is 18.1 Å². The Morgan fingerprint density at radius 2 is 1.62 bits per heavy atom. The second kappa shape index (κ2) is 12.0. The zero-order valence-electron chi connectivity index (χ0n) is 23.6. The number of aromatic nitrogens is 3. The molecule has 8 nitrogen and oxygen atoms in total. The molecule has 1 atom stereocenters. The molecule has 0 spiro atoms. The quantitative estimate of drug-likeness (QED) is 0.284. The fourth-order valence-electron chi connectivity index (χ4n) is 6.17. The summed E-state index contributed by atoms with van der Waals surface area (Å²) in [5, 5.41) is 5.22. The maximum Gasteiger partial charge on any atom is 0.257 e. The van der Waals surface area contributed by atoms with Crippen LogP contribution in [0.4, 0.5) is 0 Å². The van der Waals surface area contributed by atoms with E-state index in [1.807, 2.05) is 33.8 Å². The molecule has 10 heteroatoms. The number of carbonyl (C=O) groups excluding carboxylic acids is 1. The molecule has 4 aromatic rings. The fourth-order valence-corrected chi connectivity index (χ4v) is 6.91. The molecule has 2 fully saturated rings. The van der Waals surface area contributed by atoms with Gasteiger partial charge in [-0.05, 0) is 67.7 Å². The van der Waals surface area contributed by atoms with Crippen LogP contribution in [0, 0.1) is 0 Å². The summed E-state index contributed by atoms with van der Waals surface area (Å²) in [6, 6.07) is 21.2. The monoisotopic (exact) mass is 603 g/mol. The predicted octanol–water partition coefficient (Wildman–Crippen LogP) is 5.33. The van der Waals surface area contributed by atoms with Crippen LogP contribution in [-0.4, -0.2) is 71.3 Å². The Labute approximate surface area is 251 Å². The van der Waals surface area contributed by atoms with Crippen LogP contribution in [0.1, 0.15) is 58.3 Å². The lowest BCUT2D eigenvalue weighted by Gasteiger charge is -2.33. The van der Waals surface area contributed by atoms with Gasteiger partial charge in [0, 0.05) is 43.9 Å². The fraction of sp³-hybridized carbons (Fsp3) is 0.344. The number of amides is 1. The van der Waals surface area contributed by atoms with E-state index in [1.165, 1.54) is 11.8 Å². The number of likely N-dealkylation sites (tertiary alicyclic amines) is 2. The van der Waals surface area contributed by atoms with Crippen molar-refractivity contribution in [3.05, 3.63) is 107 Å². The second-order valence-corrected chi connectivity index (χ2v) is 13.8. The van der Waals surface area contributed by atoms with E-state index < -0.39 is 9.84 Å². The van der Waals surface area contributed by atoms with Crippen LogP contribution in [0.15, 0.2) is 84.0 Å². The van der Waals surface area contributed by atoms with Gasteiger partial charge in [0.15, 0.2) is 15.7 Å². The van der Waals surface area contributed by atoms with Crippen LogP contribution in [0.25, 0.3) is 5.82 Å². The van der Waals surface area contributed by atoms with Crippen molar-refractivity contribution in [2.75, 3.05) is 32.4 Å². The normalized spacial score (nSPS) is 18.4. The summed E-state index contributed by atoms with van der Waals surface area (Å²) in [5.41, 5.74) is 3.91. The molecule has 4 heterocycles. The van der Waals surface area contributed by atoms with E-state index in [0.29, 0.717) is 33.8 Å². The summed E-state index contributed by atoms with van der Waals surface area (Å²) in [7, 11) is -3.21. The van der Waals surface area contributed by atoms with Crippen LogP contribution < -0.4 is 0 Å². The van der Waals surface area contributed by atoms with Crippen LogP contribution in [0.2, 0.25) is 5.02 Å². The number of nitrogens with zero attached hydrogens (tertiary/aromatic N) is 5. The third-order valence-corrected chi connectivity index (χ3v) is 9.80. The van der Waals surface area contributed by atoms with Crippen molar-refractivity contribution >= 4 is 27.3 Å². The number of carbonyl (C=O) groups is 1. The van der Waals surface area contributed by atoms with Gasteiger partial charge in [-0.2, -0.15) is 5.10 Å². The van der Waals surface area contributed by atoms with Crippen LogP contribution in [-0.2, 0) is 16.4 Å². The molecule has 0 N–H and O–H groups in total. The van der Waals surface area contributed by atoms with Gasteiger partial charge in [-0.15, -0.1) is 0 Å². The highest BCUT2D eigenvalue weighted by molar-refractivity contribution is 7.90. The molecule has 2 aromatic heterocycles. The number of hydrogen-bond acceptors (Lipinski definition) is 6. The summed E-state index contributed by atoms with van der Waals surface area (Å²) in [6.45, 7) is 3.87. The Balaban J connectivity index is 1.21. The highest BCUT2D eigenvalue weighted by Crippen LogP contribution is 2.35. The summed E-state index contributed by atoms with van der Waals surface area (Å²) in [4.78, 5) is 23.2. The van der Waals surface area contributed by atoms with E-state index >= 15 is 0 Å². The van der Waals surface area contributed by atoms with Gasteiger partial charge in [-0.3, -0.25) is 9.69 Å². The standard InChI is InChI=1S/C32H34ClN5O3S/c1-42(40,41)28-10-7-23(8-11-28)21-36-16-13-25(14-17-36)31-29(20-35-38(31)30-12-9-27(33)19-34-30)32(39)37-18-15-26(22-37)24-5-3-2-4-6-24/h2-12,19-20,25-26H,13-18,21-22H2,1H3/t26-/m0/s1. The van der Waals surface area contributed by atoms with Crippen molar-refractivity contribution in [2.24, 2.45) is 0 Å². The number of benzene rings is 2. The highest BCUT2D eigenvalue weighted by atomic mass is 35.5. The topological polar surface area (TPSA) is 88.4 Å². The molecule has 42 heavy (non-hydrogen) atoms. The third kappa shape index (κ3) is 6.14. The molecule has 0 radical (unpaired) electrons. The molecule has 0 unspecified atom stereocenters. The highest BCUT2D eigenvalue weighted by Gasteiger charge is 2.34. The molecule has 2 aromatic carbocycles. The first kappa shape index (κ1) is 28.6. The maximum absolute atomic E-state index is 14.0. The zero-order chi connectivity index (χ0) is 29.3. The largest absolute Gasteiger partial charge is 0.338 e. The number of rotatable bonds is 7. The summed E-state index contributed by atoms with van der Waals surface area (Å²) >= 11 is 6.12. The Hall–Kier alpha value is -3.53. The molecule has 6 rings (SSSR count). The first-order valence-corrected chi connectivity index (χ1v) is 16.6. The number of hydrogen-bond donors (Lipinski definition) is 0. The van der Waals surface area contributed by atoms with Crippen molar-refractivity contribution in [3.8, 4) is 5.82 Å². The summed E-state index contributed by atoms with van der Waals surface area (Å²) in [5.74, 6) is 1.14. The molecule has 218 valence electrons. The van der Waals surface area contributed by atoms with Crippen LogP contribution in [0.5, 0.6) is 0 Å². The second-order valence-electron chi connectivity index (χ2n) is 11.3. The maximum atomic E-state index is 14.0. The lowest BCUT2D eigenvalue weighted by Crippen LogP contribution is -2.34. The van der Waals surface area contributed by atoms with Crippen LogP contribution in [0.3, 0.4) is 0 Å². The van der Waals surface area contributed by atoms with E-state index in [-0.39, 0.29) is 11.8 Å².